The Hall–Kier alpha value is -2.33. The van der Waals surface area contributed by atoms with Crippen molar-refractivity contribution in [3.05, 3.63) is 29.8 Å². The second kappa shape index (κ2) is 9.45. The molecule has 2 N–H and O–H groups in total. The lowest BCUT2D eigenvalue weighted by atomic mass is 9.99. The van der Waals surface area contributed by atoms with E-state index in [9.17, 15) is 23.1 Å². The van der Waals surface area contributed by atoms with Crippen LogP contribution in [-0.4, -0.2) is 43.8 Å². The number of ether oxygens (including phenoxy) is 1. The minimum absolute atomic E-state index is 0.0228. The summed E-state index contributed by atoms with van der Waals surface area (Å²) in [6, 6.07) is 4.54. The summed E-state index contributed by atoms with van der Waals surface area (Å²) in [5.41, 5.74) is -0.561. The molecule has 0 aliphatic carbocycles. The van der Waals surface area contributed by atoms with Gasteiger partial charge in [0.25, 0.3) is 0 Å². The summed E-state index contributed by atoms with van der Waals surface area (Å²) in [5.74, 6) is -1.20. The van der Waals surface area contributed by atoms with Crippen LogP contribution in [0.25, 0.3) is 0 Å². The molecule has 0 bridgehead atoms. The monoisotopic (exact) mass is 431 g/mol. The van der Waals surface area contributed by atoms with E-state index < -0.39 is 34.1 Å². The number of aliphatic carboxylic acids is 1. The molecule has 1 atom stereocenters. The third kappa shape index (κ3) is 10.7. The molecule has 10 heteroatoms. The molecule has 1 unspecified atom stereocenters. The largest absolute Gasteiger partial charge is 0.480 e. The lowest BCUT2D eigenvalue weighted by Crippen LogP contribution is -2.44. The predicted octanol–water partition coefficient (Wildman–Crippen LogP) is 2.89. The number of rotatable bonds is 8. The highest BCUT2D eigenvalue weighted by Gasteiger charge is 2.24. The Balaban J connectivity index is 2.74. The Labute approximate surface area is 171 Å². The predicted molar refractivity (Wildman–Crippen MR) is 106 cm³/mol. The third-order valence-corrected chi connectivity index (χ3v) is 3.99. The van der Waals surface area contributed by atoms with E-state index in [2.05, 4.69) is 5.32 Å². The first-order chi connectivity index (χ1) is 13.1. The van der Waals surface area contributed by atoms with Crippen LogP contribution in [0.4, 0.5) is 4.79 Å². The smallest absolute Gasteiger partial charge is 0.449 e. The van der Waals surface area contributed by atoms with Crippen molar-refractivity contribution in [3.8, 4) is 5.75 Å². The van der Waals surface area contributed by atoms with Gasteiger partial charge in [0.1, 0.15) is 17.4 Å². The molecule has 0 saturated carbocycles. The lowest BCUT2D eigenvalue weighted by Gasteiger charge is -2.22. The van der Waals surface area contributed by atoms with Crippen molar-refractivity contribution in [2.45, 2.75) is 59.6 Å². The molecule has 1 amide bonds. The van der Waals surface area contributed by atoms with Gasteiger partial charge in [0.05, 0.1) is 6.61 Å². The van der Waals surface area contributed by atoms with E-state index in [-0.39, 0.29) is 24.2 Å². The Morgan fingerprint density at radius 1 is 1.07 bits per heavy atom. The van der Waals surface area contributed by atoms with Gasteiger partial charge in [-0.15, -0.1) is 0 Å². The SMILES string of the molecule is CC(C)(C)COS(=O)(=O)Oc1ccc(CC(NC(=O)OC(C)(C)C)C(=O)O)cc1. The van der Waals surface area contributed by atoms with Crippen molar-refractivity contribution in [1.82, 2.24) is 5.32 Å². The highest BCUT2D eigenvalue weighted by molar-refractivity contribution is 7.82. The fourth-order valence-electron chi connectivity index (χ4n) is 1.96. The number of carboxylic acid groups (broad SMARTS) is 1. The summed E-state index contributed by atoms with van der Waals surface area (Å²) in [5, 5.41) is 11.6. The molecule has 1 aromatic carbocycles. The molecule has 9 nitrogen and oxygen atoms in total. The van der Waals surface area contributed by atoms with Gasteiger partial charge in [0.2, 0.25) is 0 Å². The average Bonchev–Trinajstić information content (AvgIpc) is 2.51. The standard InChI is InChI=1S/C19H29NO8S/c1-18(2,3)12-26-29(24,25)28-14-9-7-13(8-10-14)11-15(16(21)22)20-17(23)27-19(4,5)6/h7-10,15H,11-12H2,1-6H3,(H,20,23)(H,21,22). The fourth-order valence-corrected chi connectivity index (χ4v) is 2.85. The highest BCUT2D eigenvalue weighted by Crippen LogP contribution is 2.19. The van der Waals surface area contributed by atoms with Gasteiger partial charge in [-0.25, -0.2) is 13.8 Å². The van der Waals surface area contributed by atoms with E-state index in [0.29, 0.717) is 5.56 Å². The van der Waals surface area contributed by atoms with Gasteiger partial charge in [-0.05, 0) is 43.9 Å². The molecule has 29 heavy (non-hydrogen) atoms. The van der Waals surface area contributed by atoms with Gasteiger partial charge in [-0.2, -0.15) is 8.42 Å². The molecule has 0 aromatic heterocycles. The van der Waals surface area contributed by atoms with Gasteiger partial charge in [-0.1, -0.05) is 32.9 Å². The Bertz CT molecular complexity index is 804. The molecule has 0 fully saturated rings. The van der Waals surface area contributed by atoms with Crippen molar-refractivity contribution < 1.29 is 36.2 Å². The van der Waals surface area contributed by atoms with E-state index in [1.54, 1.807) is 20.8 Å². The van der Waals surface area contributed by atoms with Crippen LogP contribution in [-0.2, 0) is 30.5 Å². The first kappa shape index (κ1) is 24.7. The van der Waals surface area contributed by atoms with Gasteiger partial charge < -0.3 is 19.3 Å². The maximum atomic E-state index is 11.9. The molecule has 0 saturated heterocycles. The summed E-state index contributed by atoms with van der Waals surface area (Å²) in [6.45, 7) is 10.4. The van der Waals surface area contributed by atoms with Crippen LogP contribution in [0.2, 0.25) is 0 Å². The molecule has 0 aliphatic heterocycles. The van der Waals surface area contributed by atoms with Crippen molar-refractivity contribution in [2.75, 3.05) is 6.61 Å². The number of carbonyl (C=O) groups is 2. The van der Waals surface area contributed by atoms with E-state index >= 15 is 0 Å². The number of hydrogen-bond donors (Lipinski definition) is 2. The second-order valence-electron chi connectivity index (χ2n) is 8.70. The number of amides is 1. The highest BCUT2D eigenvalue weighted by atomic mass is 32.3. The maximum Gasteiger partial charge on any atom is 0.449 e. The van der Waals surface area contributed by atoms with E-state index in [0.717, 1.165) is 0 Å². The molecular formula is C19H29NO8S. The number of hydrogen-bond acceptors (Lipinski definition) is 7. The number of alkyl carbamates (subject to hydrolysis) is 1. The van der Waals surface area contributed by atoms with Crippen molar-refractivity contribution in [1.29, 1.82) is 0 Å². The summed E-state index contributed by atoms with van der Waals surface area (Å²) in [7, 11) is -4.22. The second-order valence-corrected chi connectivity index (χ2v) is 9.92. The summed E-state index contributed by atoms with van der Waals surface area (Å²) in [4.78, 5) is 23.2. The van der Waals surface area contributed by atoms with Crippen molar-refractivity contribution in [3.63, 3.8) is 0 Å². The number of carbonyl (C=O) groups excluding carboxylic acids is 1. The Morgan fingerprint density at radius 2 is 1.62 bits per heavy atom. The normalized spacial score (nSPS) is 13.4. The zero-order valence-electron chi connectivity index (χ0n) is 17.5. The van der Waals surface area contributed by atoms with Crippen LogP contribution in [0, 0.1) is 5.41 Å². The van der Waals surface area contributed by atoms with Gasteiger partial charge in [0.15, 0.2) is 0 Å². The van der Waals surface area contributed by atoms with Crippen molar-refractivity contribution in [2.24, 2.45) is 5.41 Å². The number of benzene rings is 1. The Kier molecular flexibility index (Phi) is 8.05. The van der Waals surface area contributed by atoms with Crippen LogP contribution in [0.1, 0.15) is 47.1 Å². The summed E-state index contributed by atoms with van der Waals surface area (Å²) >= 11 is 0. The van der Waals surface area contributed by atoms with Crippen LogP contribution in [0.5, 0.6) is 5.75 Å². The Morgan fingerprint density at radius 3 is 2.07 bits per heavy atom. The zero-order valence-corrected chi connectivity index (χ0v) is 18.3. The molecule has 0 spiro atoms. The molecular weight excluding hydrogens is 402 g/mol. The first-order valence-electron chi connectivity index (χ1n) is 8.96. The van der Waals surface area contributed by atoms with Gasteiger partial charge in [-0.3, -0.25) is 0 Å². The topological polar surface area (TPSA) is 128 Å². The third-order valence-electron chi connectivity index (χ3n) is 3.19. The molecule has 0 radical (unpaired) electrons. The number of nitrogens with one attached hydrogen (secondary N) is 1. The summed E-state index contributed by atoms with van der Waals surface area (Å²) < 4.78 is 38.5. The lowest BCUT2D eigenvalue weighted by molar-refractivity contribution is -0.139. The minimum Gasteiger partial charge on any atom is -0.480 e. The minimum atomic E-state index is -4.22. The molecule has 1 aromatic rings. The molecule has 0 aliphatic rings. The van der Waals surface area contributed by atoms with Gasteiger partial charge in [0, 0.05) is 6.42 Å². The fraction of sp³-hybridized carbons (Fsp3) is 0.579. The van der Waals surface area contributed by atoms with Crippen LogP contribution in [0.3, 0.4) is 0 Å². The maximum absolute atomic E-state index is 11.9. The zero-order chi connectivity index (χ0) is 22.5. The van der Waals surface area contributed by atoms with E-state index in [1.165, 1.54) is 24.3 Å². The molecule has 0 heterocycles. The van der Waals surface area contributed by atoms with Crippen LogP contribution >= 0.6 is 0 Å². The quantitative estimate of drug-likeness (QED) is 0.643. The summed E-state index contributed by atoms with van der Waals surface area (Å²) in [6.07, 6.45) is -0.866. The van der Waals surface area contributed by atoms with Crippen LogP contribution < -0.4 is 9.50 Å². The van der Waals surface area contributed by atoms with E-state index in [1.807, 2.05) is 20.8 Å². The van der Waals surface area contributed by atoms with Crippen molar-refractivity contribution >= 4 is 22.5 Å². The van der Waals surface area contributed by atoms with Crippen LogP contribution in [0.15, 0.2) is 24.3 Å². The first-order valence-corrected chi connectivity index (χ1v) is 10.3. The molecule has 164 valence electrons. The number of carboxylic acids is 1. The average molecular weight is 432 g/mol. The van der Waals surface area contributed by atoms with Gasteiger partial charge >= 0.3 is 22.5 Å². The molecule has 1 rings (SSSR count). The van der Waals surface area contributed by atoms with E-state index in [4.69, 9.17) is 13.1 Å².